The lowest BCUT2D eigenvalue weighted by Crippen LogP contribution is -2.16. The molecule has 6 heteroatoms. The van der Waals surface area contributed by atoms with Gasteiger partial charge in [-0.3, -0.25) is 4.79 Å². The molecule has 0 spiro atoms. The maximum Gasteiger partial charge on any atom is 0.343 e. The van der Waals surface area contributed by atoms with Crippen LogP contribution in [0.15, 0.2) is 74.5 Å². The second kappa shape index (κ2) is 7.63. The standard InChI is InChI=1S/C22H15IO5/c1-2-13-5-10-17-16(12-13)19(24)21(20(27-17)18-4-3-11-26-18)28-22(25)14-6-8-15(23)9-7-14/h3-12H,2H2,1H3. The van der Waals surface area contributed by atoms with Crippen molar-refractivity contribution in [2.75, 3.05) is 0 Å². The molecule has 2 aromatic heterocycles. The van der Waals surface area contributed by atoms with Crippen molar-refractivity contribution in [2.45, 2.75) is 13.3 Å². The van der Waals surface area contributed by atoms with Crippen LogP contribution < -0.4 is 10.2 Å². The molecule has 0 saturated carbocycles. The number of carbonyl (C=O) groups is 1. The molecule has 0 aliphatic carbocycles. The van der Waals surface area contributed by atoms with Gasteiger partial charge >= 0.3 is 5.97 Å². The molecule has 2 heterocycles. The van der Waals surface area contributed by atoms with E-state index in [9.17, 15) is 9.59 Å². The van der Waals surface area contributed by atoms with E-state index < -0.39 is 11.4 Å². The lowest BCUT2D eigenvalue weighted by Gasteiger charge is -2.10. The van der Waals surface area contributed by atoms with E-state index in [-0.39, 0.29) is 11.5 Å². The summed E-state index contributed by atoms with van der Waals surface area (Å²) < 4.78 is 17.8. The Bertz CT molecular complexity index is 1200. The molecule has 0 N–H and O–H groups in total. The van der Waals surface area contributed by atoms with Gasteiger partial charge in [-0.25, -0.2) is 4.79 Å². The van der Waals surface area contributed by atoms with Gasteiger partial charge in [-0.1, -0.05) is 13.0 Å². The van der Waals surface area contributed by atoms with E-state index in [1.807, 2.05) is 13.0 Å². The lowest BCUT2D eigenvalue weighted by molar-refractivity contribution is 0.0731. The van der Waals surface area contributed by atoms with E-state index in [0.717, 1.165) is 15.6 Å². The van der Waals surface area contributed by atoms with Crippen LogP contribution in [0.4, 0.5) is 0 Å². The second-order valence-corrected chi connectivity index (χ2v) is 7.39. The highest BCUT2D eigenvalue weighted by Gasteiger charge is 2.23. The minimum Gasteiger partial charge on any atom is -0.461 e. The third-order valence-electron chi connectivity index (χ3n) is 4.34. The monoisotopic (exact) mass is 486 g/mol. The molecule has 4 rings (SSSR count). The van der Waals surface area contributed by atoms with Crippen molar-refractivity contribution in [3.05, 3.63) is 85.8 Å². The van der Waals surface area contributed by atoms with E-state index in [0.29, 0.717) is 22.3 Å². The number of benzene rings is 2. The van der Waals surface area contributed by atoms with Crippen LogP contribution >= 0.6 is 22.6 Å². The summed E-state index contributed by atoms with van der Waals surface area (Å²) in [5.41, 5.74) is 1.32. The zero-order chi connectivity index (χ0) is 19.7. The Morgan fingerprint density at radius 2 is 1.89 bits per heavy atom. The number of ether oxygens (including phenoxy) is 1. The first kappa shape index (κ1) is 18.5. The average Bonchev–Trinajstić information content (AvgIpc) is 3.24. The van der Waals surface area contributed by atoms with Gasteiger partial charge in [0.25, 0.3) is 0 Å². The molecule has 0 unspecified atom stereocenters. The highest BCUT2D eigenvalue weighted by atomic mass is 127. The summed E-state index contributed by atoms with van der Waals surface area (Å²) in [6.45, 7) is 2.00. The molecule has 28 heavy (non-hydrogen) atoms. The number of hydrogen-bond acceptors (Lipinski definition) is 5. The Morgan fingerprint density at radius 1 is 1.11 bits per heavy atom. The van der Waals surface area contributed by atoms with Crippen molar-refractivity contribution >= 4 is 39.5 Å². The summed E-state index contributed by atoms with van der Waals surface area (Å²) in [4.78, 5) is 25.8. The minimum absolute atomic E-state index is 0.0885. The van der Waals surface area contributed by atoms with Gasteiger partial charge in [0.1, 0.15) is 5.58 Å². The molecule has 0 aliphatic rings. The zero-order valence-corrected chi connectivity index (χ0v) is 17.1. The molecule has 0 saturated heterocycles. The third kappa shape index (κ3) is 3.47. The van der Waals surface area contributed by atoms with Crippen LogP contribution in [0.25, 0.3) is 22.5 Å². The Balaban J connectivity index is 1.88. The quantitative estimate of drug-likeness (QED) is 0.284. The van der Waals surface area contributed by atoms with E-state index in [1.165, 1.54) is 6.26 Å². The number of rotatable bonds is 4. The van der Waals surface area contributed by atoms with Crippen LogP contribution in [-0.2, 0) is 6.42 Å². The Labute approximate surface area is 174 Å². The number of hydrogen-bond donors (Lipinski definition) is 0. The fraction of sp³-hybridized carbons (Fsp3) is 0.0909. The first-order valence-corrected chi connectivity index (χ1v) is 9.76. The van der Waals surface area contributed by atoms with E-state index in [4.69, 9.17) is 13.6 Å². The number of esters is 1. The maximum absolute atomic E-state index is 13.2. The number of furan rings is 1. The predicted molar refractivity (Wildman–Crippen MR) is 114 cm³/mol. The van der Waals surface area contributed by atoms with Gasteiger partial charge in [-0.05, 0) is 83.1 Å². The number of fused-ring (bicyclic) bond motifs is 1. The fourth-order valence-corrected chi connectivity index (χ4v) is 3.21. The molecule has 0 bridgehead atoms. The normalized spacial score (nSPS) is 10.9. The van der Waals surface area contributed by atoms with Crippen LogP contribution in [0.2, 0.25) is 0 Å². The first-order chi connectivity index (χ1) is 13.6. The van der Waals surface area contributed by atoms with Crippen LogP contribution in [0.3, 0.4) is 0 Å². The van der Waals surface area contributed by atoms with Gasteiger partial charge in [0.2, 0.25) is 16.9 Å². The number of halogens is 1. The van der Waals surface area contributed by atoms with E-state index in [2.05, 4.69) is 22.6 Å². The lowest BCUT2D eigenvalue weighted by atomic mass is 10.1. The molecule has 0 amide bonds. The molecule has 140 valence electrons. The van der Waals surface area contributed by atoms with Crippen LogP contribution in [0, 0.1) is 3.57 Å². The minimum atomic E-state index is -0.637. The smallest absolute Gasteiger partial charge is 0.343 e. The van der Waals surface area contributed by atoms with Crippen molar-refractivity contribution in [1.29, 1.82) is 0 Å². The molecule has 0 radical (unpaired) electrons. The first-order valence-electron chi connectivity index (χ1n) is 8.68. The highest BCUT2D eigenvalue weighted by molar-refractivity contribution is 14.1. The third-order valence-corrected chi connectivity index (χ3v) is 5.06. The summed E-state index contributed by atoms with van der Waals surface area (Å²) in [5.74, 6) is -0.420. The van der Waals surface area contributed by atoms with Gasteiger partial charge in [-0.2, -0.15) is 0 Å². The molecular formula is C22H15IO5. The van der Waals surface area contributed by atoms with Crippen molar-refractivity contribution in [3.63, 3.8) is 0 Å². The van der Waals surface area contributed by atoms with Crippen molar-refractivity contribution in [3.8, 4) is 17.3 Å². The summed E-state index contributed by atoms with van der Waals surface area (Å²) >= 11 is 2.15. The van der Waals surface area contributed by atoms with Gasteiger partial charge < -0.3 is 13.6 Å². The van der Waals surface area contributed by atoms with Crippen LogP contribution in [0.5, 0.6) is 5.75 Å². The SMILES string of the molecule is CCc1ccc2oc(-c3ccco3)c(OC(=O)c3ccc(I)cc3)c(=O)c2c1. The second-order valence-electron chi connectivity index (χ2n) is 6.15. The summed E-state index contributed by atoms with van der Waals surface area (Å²) in [5, 5.41) is 0.361. The molecule has 0 fully saturated rings. The molecule has 2 aromatic carbocycles. The van der Waals surface area contributed by atoms with Gasteiger partial charge in [0.15, 0.2) is 5.76 Å². The Kier molecular flexibility index (Phi) is 5.04. The molecule has 5 nitrogen and oxygen atoms in total. The topological polar surface area (TPSA) is 69.7 Å². The van der Waals surface area contributed by atoms with Gasteiger partial charge in [-0.15, -0.1) is 0 Å². The molecule has 0 aliphatic heterocycles. The summed E-state index contributed by atoms with van der Waals surface area (Å²) in [6.07, 6.45) is 2.23. The van der Waals surface area contributed by atoms with Crippen molar-refractivity contribution in [2.24, 2.45) is 0 Å². The Hall–Kier alpha value is -2.87. The van der Waals surface area contributed by atoms with Crippen molar-refractivity contribution in [1.82, 2.24) is 0 Å². The molecule has 0 atom stereocenters. The Morgan fingerprint density at radius 3 is 2.57 bits per heavy atom. The zero-order valence-electron chi connectivity index (χ0n) is 14.9. The predicted octanol–water partition coefficient (Wildman–Crippen LogP) is 5.44. The summed E-state index contributed by atoms with van der Waals surface area (Å²) in [6, 6.07) is 15.6. The fourth-order valence-electron chi connectivity index (χ4n) is 2.85. The van der Waals surface area contributed by atoms with Crippen LogP contribution in [0.1, 0.15) is 22.8 Å². The average molecular weight is 486 g/mol. The maximum atomic E-state index is 13.2. The largest absolute Gasteiger partial charge is 0.461 e. The molecule has 4 aromatic rings. The highest BCUT2D eigenvalue weighted by Crippen LogP contribution is 2.32. The number of carbonyl (C=O) groups excluding carboxylic acids is 1. The number of aryl methyl sites for hydroxylation is 1. The summed E-state index contributed by atoms with van der Waals surface area (Å²) in [7, 11) is 0. The van der Waals surface area contributed by atoms with Crippen molar-refractivity contribution < 1.29 is 18.4 Å². The van der Waals surface area contributed by atoms with Gasteiger partial charge in [0, 0.05) is 3.57 Å². The van der Waals surface area contributed by atoms with E-state index in [1.54, 1.807) is 48.5 Å². The van der Waals surface area contributed by atoms with Gasteiger partial charge in [0.05, 0.1) is 17.2 Å². The van der Waals surface area contributed by atoms with Crippen LogP contribution in [-0.4, -0.2) is 5.97 Å². The molecular weight excluding hydrogens is 471 g/mol. The van der Waals surface area contributed by atoms with E-state index >= 15 is 0 Å².